The highest BCUT2D eigenvalue weighted by Gasteiger charge is 2.25. The van der Waals surface area contributed by atoms with Crippen LogP contribution in [0.25, 0.3) is 0 Å². The molecule has 2 rings (SSSR count). The Labute approximate surface area is 147 Å². The van der Waals surface area contributed by atoms with Gasteiger partial charge in [0.2, 0.25) is 15.9 Å². The van der Waals surface area contributed by atoms with Crippen LogP contribution in [-0.4, -0.2) is 38.6 Å². The van der Waals surface area contributed by atoms with Crippen molar-refractivity contribution in [2.75, 3.05) is 13.2 Å². The molecule has 0 aliphatic rings. The van der Waals surface area contributed by atoms with Gasteiger partial charge in [0.05, 0.1) is 4.90 Å². The number of nitrogens with one attached hydrogen (secondary N) is 2. The van der Waals surface area contributed by atoms with E-state index in [4.69, 9.17) is 5.11 Å². The van der Waals surface area contributed by atoms with Crippen molar-refractivity contribution in [3.05, 3.63) is 66.2 Å². The summed E-state index contributed by atoms with van der Waals surface area (Å²) in [5.41, 5.74) is 0.848. The fraction of sp³-hybridized carbons (Fsp3) is 0.278. The molecule has 0 radical (unpaired) electrons. The standard InChI is InChI=1S/C18H22N2O4S/c21-13-7-12-19-18(22)17(14-15-8-3-1-4-9-15)20-25(23,24)16-10-5-2-6-11-16/h1-6,8-11,17,20-21H,7,12-14H2,(H,19,22)/t17-/m1/s1. The quantitative estimate of drug-likeness (QED) is 0.582. The molecule has 0 aromatic heterocycles. The van der Waals surface area contributed by atoms with Gasteiger partial charge >= 0.3 is 0 Å². The number of benzene rings is 2. The molecule has 2 aromatic rings. The van der Waals surface area contributed by atoms with Crippen LogP contribution in [-0.2, 0) is 21.2 Å². The molecule has 0 aliphatic heterocycles. The van der Waals surface area contributed by atoms with E-state index in [1.54, 1.807) is 18.2 Å². The molecular weight excluding hydrogens is 340 g/mol. The average Bonchev–Trinajstić information content (AvgIpc) is 2.63. The monoisotopic (exact) mass is 362 g/mol. The number of carbonyl (C=O) groups is 1. The Morgan fingerprint density at radius 2 is 1.60 bits per heavy atom. The van der Waals surface area contributed by atoms with Crippen LogP contribution in [0.2, 0.25) is 0 Å². The van der Waals surface area contributed by atoms with Crippen LogP contribution in [0, 0.1) is 0 Å². The third kappa shape index (κ3) is 5.97. The number of rotatable bonds is 9. The molecule has 3 N–H and O–H groups in total. The molecule has 0 unspecified atom stereocenters. The number of amides is 1. The summed E-state index contributed by atoms with van der Waals surface area (Å²) in [7, 11) is -3.82. The van der Waals surface area contributed by atoms with E-state index in [-0.39, 0.29) is 24.5 Å². The summed E-state index contributed by atoms with van der Waals surface area (Å²) in [5.74, 6) is -0.420. The maximum atomic E-state index is 12.5. The molecule has 0 aliphatic carbocycles. The number of aliphatic hydroxyl groups excluding tert-OH is 1. The summed E-state index contributed by atoms with van der Waals surface area (Å²) in [6.45, 7) is 0.243. The highest BCUT2D eigenvalue weighted by atomic mass is 32.2. The second-order valence-electron chi connectivity index (χ2n) is 5.54. The molecular formula is C18H22N2O4S. The van der Waals surface area contributed by atoms with Crippen molar-refractivity contribution in [1.82, 2.24) is 10.0 Å². The molecule has 1 atom stereocenters. The molecule has 1 amide bonds. The fourth-order valence-corrected chi connectivity index (χ4v) is 3.52. The molecule has 0 spiro atoms. The van der Waals surface area contributed by atoms with Crippen LogP contribution in [0.15, 0.2) is 65.6 Å². The zero-order valence-electron chi connectivity index (χ0n) is 13.8. The zero-order valence-corrected chi connectivity index (χ0v) is 14.6. The Bertz CT molecular complexity index is 764. The van der Waals surface area contributed by atoms with Crippen molar-refractivity contribution in [1.29, 1.82) is 0 Å². The predicted octanol–water partition coefficient (Wildman–Crippen LogP) is 1.07. The normalized spacial score (nSPS) is 12.5. The highest BCUT2D eigenvalue weighted by Crippen LogP contribution is 2.11. The molecule has 2 aromatic carbocycles. The van der Waals surface area contributed by atoms with E-state index in [9.17, 15) is 13.2 Å². The van der Waals surface area contributed by atoms with Gasteiger partial charge in [0.1, 0.15) is 6.04 Å². The first kappa shape index (κ1) is 19.1. The Morgan fingerprint density at radius 1 is 1.00 bits per heavy atom. The van der Waals surface area contributed by atoms with Crippen molar-refractivity contribution in [2.45, 2.75) is 23.8 Å². The molecule has 25 heavy (non-hydrogen) atoms. The lowest BCUT2D eigenvalue weighted by atomic mass is 10.1. The zero-order chi connectivity index (χ0) is 18.1. The van der Waals surface area contributed by atoms with Gasteiger partial charge in [0.25, 0.3) is 0 Å². The van der Waals surface area contributed by atoms with E-state index in [1.807, 2.05) is 30.3 Å². The molecule has 134 valence electrons. The van der Waals surface area contributed by atoms with E-state index in [0.717, 1.165) is 5.56 Å². The van der Waals surface area contributed by atoms with Crippen molar-refractivity contribution in [3.63, 3.8) is 0 Å². The van der Waals surface area contributed by atoms with Crippen molar-refractivity contribution in [2.24, 2.45) is 0 Å². The molecule has 6 nitrogen and oxygen atoms in total. The Balaban J connectivity index is 2.17. The van der Waals surface area contributed by atoms with E-state index < -0.39 is 22.0 Å². The number of aliphatic hydroxyl groups is 1. The number of hydrogen-bond acceptors (Lipinski definition) is 4. The average molecular weight is 362 g/mol. The van der Waals surface area contributed by atoms with E-state index in [0.29, 0.717) is 6.42 Å². The topological polar surface area (TPSA) is 95.5 Å². The fourth-order valence-electron chi connectivity index (χ4n) is 2.31. The maximum Gasteiger partial charge on any atom is 0.241 e. The van der Waals surface area contributed by atoms with Crippen LogP contribution in [0.1, 0.15) is 12.0 Å². The Morgan fingerprint density at radius 3 is 2.20 bits per heavy atom. The molecule has 0 saturated carbocycles. The van der Waals surface area contributed by atoms with Gasteiger partial charge in [-0.25, -0.2) is 8.42 Å². The first-order chi connectivity index (χ1) is 12.0. The van der Waals surface area contributed by atoms with Gasteiger partial charge in [-0.3, -0.25) is 4.79 Å². The summed E-state index contributed by atoms with van der Waals surface area (Å²) in [4.78, 5) is 12.5. The number of carbonyl (C=O) groups excluding carboxylic acids is 1. The van der Waals surface area contributed by atoms with Gasteiger partial charge < -0.3 is 10.4 Å². The second kappa shape index (κ2) is 9.31. The van der Waals surface area contributed by atoms with Crippen LogP contribution >= 0.6 is 0 Å². The largest absolute Gasteiger partial charge is 0.396 e. The lowest BCUT2D eigenvalue weighted by Crippen LogP contribution is -2.48. The lowest BCUT2D eigenvalue weighted by molar-refractivity contribution is -0.122. The SMILES string of the molecule is O=C(NCCCO)[C@@H](Cc1ccccc1)NS(=O)(=O)c1ccccc1. The van der Waals surface area contributed by atoms with E-state index >= 15 is 0 Å². The van der Waals surface area contributed by atoms with Gasteiger partial charge in [-0.2, -0.15) is 4.72 Å². The predicted molar refractivity (Wildman–Crippen MR) is 95.4 cm³/mol. The Hall–Kier alpha value is -2.22. The summed E-state index contributed by atoms with van der Waals surface area (Å²) in [6, 6.07) is 16.2. The van der Waals surface area contributed by atoms with Crippen LogP contribution in [0.3, 0.4) is 0 Å². The summed E-state index contributed by atoms with van der Waals surface area (Å²) >= 11 is 0. The lowest BCUT2D eigenvalue weighted by Gasteiger charge is -2.18. The maximum absolute atomic E-state index is 12.5. The number of sulfonamides is 1. The smallest absolute Gasteiger partial charge is 0.241 e. The minimum atomic E-state index is -3.82. The minimum Gasteiger partial charge on any atom is -0.396 e. The summed E-state index contributed by atoms with van der Waals surface area (Å²) in [5, 5.41) is 11.5. The summed E-state index contributed by atoms with van der Waals surface area (Å²) in [6.07, 6.45) is 0.646. The highest BCUT2D eigenvalue weighted by molar-refractivity contribution is 7.89. The van der Waals surface area contributed by atoms with Gasteiger partial charge in [0.15, 0.2) is 0 Å². The van der Waals surface area contributed by atoms with Gasteiger partial charge in [-0.15, -0.1) is 0 Å². The van der Waals surface area contributed by atoms with E-state index in [2.05, 4.69) is 10.0 Å². The Kier molecular flexibility index (Phi) is 7.12. The van der Waals surface area contributed by atoms with Crippen LogP contribution in [0.5, 0.6) is 0 Å². The van der Waals surface area contributed by atoms with Crippen molar-refractivity contribution < 1.29 is 18.3 Å². The molecule has 0 saturated heterocycles. The van der Waals surface area contributed by atoms with Crippen molar-refractivity contribution >= 4 is 15.9 Å². The minimum absolute atomic E-state index is 0.0423. The van der Waals surface area contributed by atoms with E-state index in [1.165, 1.54) is 12.1 Å². The first-order valence-electron chi connectivity index (χ1n) is 8.03. The van der Waals surface area contributed by atoms with Gasteiger partial charge in [0, 0.05) is 13.2 Å². The van der Waals surface area contributed by atoms with Gasteiger partial charge in [-0.1, -0.05) is 48.5 Å². The van der Waals surface area contributed by atoms with Gasteiger partial charge in [-0.05, 0) is 30.5 Å². The number of hydrogen-bond donors (Lipinski definition) is 3. The summed E-state index contributed by atoms with van der Waals surface area (Å²) < 4.78 is 27.6. The van der Waals surface area contributed by atoms with Crippen molar-refractivity contribution in [3.8, 4) is 0 Å². The molecule has 0 fully saturated rings. The molecule has 0 bridgehead atoms. The first-order valence-corrected chi connectivity index (χ1v) is 9.51. The van der Waals surface area contributed by atoms with Crippen LogP contribution in [0.4, 0.5) is 0 Å². The third-order valence-corrected chi connectivity index (χ3v) is 5.07. The third-order valence-electron chi connectivity index (χ3n) is 3.58. The molecule has 0 heterocycles. The second-order valence-corrected chi connectivity index (χ2v) is 7.26. The van der Waals surface area contributed by atoms with Crippen LogP contribution < -0.4 is 10.0 Å². The molecule has 7 heteroatoms.